The molecular formula is C15H21N5OS. The van der Waals surface area contributed by atoms with Crippen molar-refractivity contribution in [2.45, 2.75) is 26.3 Å². The maximum absolute atomic E-state index is 5.17. The first-order chi connectivity index (χ1) is 10.7. The van der Waals surface area contributed by atoms with E-state index in [9.17, 15) is 0 Å². The first-order valence-electron chi connectivity index (χ1n) is 7.44. The standard InChI is InChI=1S/C15H21N5OS/c1-10-9-16-15(22-10)19-14-8-12(17-11(2)18-14)13-4-5-20(13)6-7-21-3/h8-9,13H,4-7H2,1-3H3,(H,16,17,18,19). The summed E-state index contributed by atoms with van der Waals surface area (Å²) in [4.78, 5) is 17.0. The average Bonchev–Trinajstić information content (AvgIpc) is 2.82. The van der Waals surface area contributed by atoms with Crippen molar-refractivity contribution in [2.75, 3.05) is 32.1 Å². The number of thiazole rings is 1. The Morgan fingerprint density at radius 1 is 1.41 bits per heavy atom. The Morgan fingerprint density at radius 2 is 2.27 bits per heavy atom. The van der Waals surface area contributed by atoms with Gasteiger partial charge in [0.25, 0.3) is 0 Å². The molecule has 7 heteroatoms. The summed E-state index contributed by atoms with van der Waals surface area (Å²) < 4.78 is 5.17. The summed E-state index contributed by atoms with van der Waals surface area (Å²) in [6.45, 7) is 6.77. The predicted molar refractivity (Wildman–Crippen MR) is 87.7 cm³/mol. The van der Waals surface area contributed by atoms with Crippen LogP contribution in [0.15, 0.2) is 12.3 Å². The molecule has 2 aromatic rings. The Hall–Kier alpha value is -1.57. The van der Waals surface area contributed by atoms with Gasteiger partial charge in [0.05, 0.1) is 18.3 Å². The third kappa shape index (κ3) is 3.43. The topological polar surface area (TPSA) is 63.2 Å². The SMILES string of the molecule is COCCN1CCC1c1cc(Nc2ncc(C)s2)nc(C)n1. The van der Waals surface area contributed by atoms with Crippen LogP contribution >= 0.6 is 11.3 Å². The van der Waals surface area contributed by atoms with E-state index in [1.807, 2.05) is 26.1 Å². The number of aryl methyl sites for hydroxylation is 2. The van der Waals surface area contributed by atoms with Crippen LogP contribution < -0.4 is 5.32 Å². The van der Waals surface area contributed by atoms with Gasteiger partial charge in [0.1, 0.15) is 11.6 Å². The molecule has 3 heterocycles. The highest BCUT2D eigenvalue weighted by atomic mass is 32.1. The van der Waals surface area contributed by atoms with Crippen molar-refractivity contribution >= 4 is 22.3 Å². The molecule has 0 amide bonds. The van der Waals surface area contributed by atoms with Gasteiger partial charge in [-0.25, -0.2) is 15.0 Å². The lowest BCUT2D eigenvalue weighted by Crippen LogP contribution is -2.43. The largest absolute Gasteiger partial charge is 0.383 e. The van der Waals surface area contributed by atoms with Crippen LogP contribution in [-0.2, 0) is 4.74 Å². The third-order valence-corrected chi connectivity index (χ3v) is 4.60. The first-order valence-corrected chi connectivity index (χ1v) is 8.25. The van der Waals surface area contributed by atoms with Gasteiger partial charge in [-0.15, -0.1) is 11.3 Å². The minimum absolute atomic E-state index is 0.371. The van der Waals surface area contributed by atoms with E-state index in [-0.39, 0.29) is 0 Å². The Balaban J connectivity index is 1.75. The number of ether oxygens (including phenoxy) is 1. The van der Waals surface area contributed by atoms with Gasteiger partial charge >= 0.3 is 0 Å². The maximum atomic E-state index is 5.17. The quantitative estimate of drug-likeness (QED) is 0.883. The Kier molecular flexibility index (Phi) is 4.66. The predicted octanol–water partition coefficient (Wildman–Crippen LogP) is 2.69. The molecule has 1 N–H and O–H groups in total. The third-order valence-electron chi connectivity index (χ3n) is 3.77. The lowest BCUT2D eigenvalue weighted by Gasteiger charge is -2.40. The van der Waals surface area contributed by atoms with Crippen molar-refractivity contribution in [3.63, 3.8) is 0 Å². The van der Waals surface area contributed by atoms with Crippen LogP contribution in [-0.4, -0.2) is 46.7 Å². The molecular weight excluding hydrogens is 298 g/mol. The van der Waals surface area contributed by atoms with Gasteiger partial charge in [-0.05, 0) is 20.3 Å². The molecule has 0 saturated carbocycles. The molecule has 0 bridgehead atoms. The van der Waals surface area contributed by atoms with Crippen LogP contribution in [0, 0.1) is 13.8 Å². The second-order valence-corrected chi connectivity index (χ2v) is 6.69. The summed E-state index contributed by atoms with van der Waals surface area (Å²) in [5, 5.41) is 4.15. The number of nitrogens with one attached hydrogen (secondary N) is 1. The van der Waals surface area contributed by atoms with Crippen molar-refractivity contribution in [1.29, 1.82) is 0 Å². The molecule has 1 saturated heterocycles. The Labute approximate surface area is 134 Å². The van der Waals surface area contributed by atoms with E-state index in [2.05, 4.69) is 25.2 Å². The van der Waals surface area contributed by atoms with Gasteiger partial charge in [0.15, 0.2) is 5.13 Å². The Bertz CT molecular complexity index is 645. The lowest BCUT2D eigenvalue weighted by molar-refractivity contribution is 0.0529. The number of methoxy groups -OCH3 is 1. The fourth-order valence-corrected chi connectivity index (χ4v) is 3.27. The lowest BCUT2D eigenvalue weighted by atomic mass is 9.99. The molecule has 118 valence electrons. The molecule has 2 aromatic heterocycles. The molecule has 1 aliphatic heterocycles. The summed E-state index contributed by atoms with van der Waals surface area (Å²) in [7, 11) is 1.74. The fraction of sp³-hybridized carbons (Fsp3) is 0.533. The number of rotatable bonds is 6. The summed E-state index contributed by atoms with van der Waals surface area (Å²) >= 11 is 1.62. The van der Waals surface area contributed by atoms with E-state index in [1.165, 1.54) is 4.88 Å². The van der Waals surface area contributed by atoms with Crippen LogP contribution in [0.5, 0.6) is 0 Å². The highest BCUT2D eigenvalue weighted by Gasteiger charge is 2.30. The van der Waals surface area contributed by atoms with Crippen LogP contribution in [0.4, 0.5) is 10.9 Å². The Morgan fingerprint density at radius 3 is 2.91 bits per heavy atom. The van der Waals surface area contributed by atoms with Gasteiger partial charge in [-0.1, -0.05) is 0 Å². The van der Waals surface area contributed by atoms with Crippen molar-refractivity contribution in [1.82, 2.24) is 19.9 Å². The van der Waals surface area contributed by atoms with E-state index in [4.69, 9.17) is 4.74 Å². The smallest absolute Gasteiger partial charge is 0.188 e. The minimum Gasteiger partial charge on any atom is -0.383 e. The molecule has 0 spiro atoms. The molecule has 3 rings (SSSR count). The van der Waals surface area contributed by atoms with Crippen molar-refractivity contribution < 1.29 is 4.74 Å². The van der Waals surface area contributed by atoms with Gasteiger partial charge in [0.2, 0.25) is 0 Å². The van der Waals surface area contributed by atoms with E-state index < -0.39 is 0 Å². The molecule has 0 radical (unpaired) electrons. The highest BCUT2D eigenvalue weighted by Crippen LogP contribution is 2.33. The molecule has 22 heavy (non-hydrogen) atoms. The molecule has 1 fully saturated rings. The van der Waals surface area contributed by atoms with Crippen LogP contribution in [0.3, 0.4) is 0 Å². The van der Waals surface area contributed by atoms with Gasteiger partial charge in [-0.3, -0.25) is 4.90 Å². The number of anilines is 2. The summed E-state index contributed by atoms with van der Waals surface area (Å²) in [5.74, 6) is 1.60. The molecule has 1 atom stereocenters. The second kappa shape index (κ2) is 6.68. The van der Waals surface area contributed by atoms with E-state index >= 15 is 0 Å². The molecule has 0 aromatic carbocycles. The maximum Gasteiger partial charge on any atom is 0.188 e. The summed E-state index contributed by atoms with van der Waals surface area (Å²) in [6.07, 6.45) is 3.00. The van der Waals surface area contributed by atoms with E-state index in [1.54, 1.807) is 18.4 Å². The number of nitrogens with zero attached hydrogens (tertiary/aromatic N) is 4. The normalized spacial score (nSPS) is 18.2. The van der Waals surface area contributed by atoms with Gasteiger partial charge in [-0.2, -0.15) is 0 Å². The van der Waals surface area contributed by atoms with Gasteiger partial charge < -0.3 is 10.1 Å². The van der Waals surface area contributed by atoms with Crippen LogP contribution in [0.25, 0.3) is 0 Å². The van der Waals surface area contributed by atoms with Crippen molar-refractivity contribution in [3.8, 4) is 0 Å². The van der Waals surface area contributed by atoms with E-state index in [0.29, 0.717) is 6.04 Å². The monoisotopic (exact) mass is 319 g/mol. The molecule has 1 aliphatic rings. The van der Waals surface area contributed by atoms with Gasteiger partial charge in [0, 0.05) is 37.3 Å². The first kappa shape index (κ1) is 15.3. The zero-order valence-corrected chi connectivity index (χ0v) is 14.0. The molecule has 0 aliphatic carbocycles. The minimum atomic E-state index is 0.371. The van der Waals surface area contributed by atoms with Crippen LogP contribution in [0.1, 0.15) is 28.9 Å². The zero-order valence-electron chi connectivity index (χ0n) is 13.2. The van der Waals surface area contributed by atoms with E-state index in [0.717, 1.165) is 48.6 Å². The number of hydrogen-bond donors (Lipinski definition) is 1. The molecule has 1 unspecified atom stereocenters. The molecule has 6 nitrogen and oxygen atoms in total. The number of likely N-dealkylation sites (tertiary alicyclic amines) is 1. The highest BCUT2D eigenvalue weighted by molar-refractivity contribution is 7.15. The van der Waals surface area contributed by atoms with Crippen molar-refractivity contribution in [2.24, 2.45) is 0 Å². The fourth-order valence-electron chi connectivity index (χ4n) is 2.60. The average molecular weight is 319 g/mol. The second-order valence-electron chi connectivity index (χ2n) is 5.46. The van der Waals surface area contributed by atoms with Crippen LogP contribution in [0.2, 0.25) is 0 Å². The zero-order chi connectivity index (χ0) is 15.5. The number of aromatic nitrogens is 3. The number of hydrogen-bond acceptors (Lipinski definition) is 7. The summed E-state index contributed by atoms with van der Waals surface area (Å²) in [6, 6.07) is 2.41. The van der Waals surface area contributed by atoms with Crippen molar-refractivity contribution in [3.05, 3.63) is 28.7 Å². The summed E-state index contributed by atoms with van der Waals surface area (Å²) in [5.41, 5.74) is 1.07.